The van der Waals surface area contributed by atoms with Gasteiger partial charge in [-0.15, -0.1) is 0 Å². The fourth-order valence-electron chi connectivity index (χ4n) is 3.24. The Balaban J connectivity index is 1.53. The summed E-state index contributed by atoms with van der Waals surface area (Å²) in [7, 11) is 0. The lowest BCUT2D eigenvalue weighted by atomic mass is 10.1. The van der Waals surface area contributed by atoms with Gasteiger partial charge in [-0.25, -0.2) is 4.79 Å². The number of nitrogens with zero attached hydrogens (tertiary/aromatic N) is 3. The fraction of sp³-hybridized carbons (Fsp3) is 0.611. The van der Waals surface area contributed by atoms with Gasteiger partial charge in [0.2, 0.25) is 0 Å². The lowest BCUT2D eigenvalue weighted by Crippen LogP contribution is -2.46. The zero-order valence-corrected chi connectivity index (χ0v) is 15.1. The standard InChI is InChI=1S/C18H26N4O4/c1-2-26-18(24)22-7-4-14(5-8-22)20-17(23)16-13-15(3-6-19-16)21-9-11-25-12-10-21/h3,6,13-14H,2,4-5,7-12H2,1H3,(H,20,23). The minimum Gasteiger partial charge on any atom is -0.450 e. The van der Waals surface area contributed by atoms with Crippen molar-refractivity contribution in [2.45, 2.75) is 25.8 Å². The zero-order chi connectivity index (χ0) is 18.4. The molecule has 0 radical (unpaired) electrons. The third-order valence-corrected chi connectivity index (χ3v) is 4.71. The second-order valence-electron chi connectivity index (χ2n) is 6.43. The quantitative estimate of drug-likeness (QED) is 0.868. The van der Waals surface area contributed by atoms with Crippen LogP contribution in [0.25, 0.3) is 0 Å². The first-order chi connectivity index (χ1) is 12.7. The number of pyridine rings is 1. The molecule has 2 aliphatic rings. The van der Waals surface area contributed by atoms with Gasteiger partial charge in [0.1, 0.15) is 5.69 Å². The average Bonchev–Trinajstić information content (AvgIpc) is 2.69. The van der Waals surface area contributed by atoms with Gasteiger partial charge in [-0.05, 0) is 31.9 Å². The highest BCUT2D eigenvalue weighted by Gasteiger charge is 2.25. The molecule has 0 spiro atoms. The number of morpholine rings is 1. The highest BCUT2D eigenvalue weighted by Crippen LogP contribution is 2.17. The Morgan fingerprint density at radius 2 is 2.00 bits per heavy atom. The van der Waals surface area contributed by atoms with Crippen LogP contribution in [-0.4, -0.2) is 73.9 Å². The molecule has 0 aromatic carbocycles. The van der Waals surface area contributed by atoms with Gasteiger partial charge in [0.25, 0.3) is 5.91 Å². The van der Waals surface area contributed by atoms with Gasteiger partial charge in [0, 0.05) is 44.1 Å². The van der Waals surface area contributed by atoms with E-state index in [-0.39, 0.29) is 18.0 Å². The molecular weight excluding hydrogens is 336 g/mol. The van der Waals surface area contributed by atoms with Crippen LogP contribution in [0.4, 0.5) is 10.5 Å². The number of ether oxygens (including phenoxy) is 2. The summed E-state index contributed by atoms with van der Waals surface area (Å²) < 4.78 is 10.4. The normalized spacial score (nSPS) is 18.5. The van der Waals surface area contributed by atoms with E-state index >= 15 is 0 Å². The monoisotopic (exact) mass is 362 g/mol. The number of rotatable bonds is 4. The molecule has 0 saturated carbocycles. The van der Waals surface area contributed by atoms with Crippen molar-refractivity contribution in [3.63, 3.8) is 0 Å². The molecule has 3 heterocycles. The smallest absolute Gasteiger partial charge is 0.409 e. The van der Waals surface area contributed by atoms with Gasteiger partial charge in [0.15, 0.2) is 0 Å². The Hall–Kier alpha value is -2.35. The van der Waals surface area contributed by atoms with Crippen LogP contribution in [0.15, 0.2) is 18.3 Å². The molecule has 3 rings (SSSR count). The molecule has 142 valence electrons. The summed E-state index contributed by atoms with van der Waals surface area (Å²) in [5.41, 5.74) is 1.41. The van der Waals surface area contributed by atoms with E-state index in [0.29, 0.717) is 51.4 Å². The van der Waals surface area contributed by atoms with Gasteiger partial charge < -0.3 is 24.6 Å². The Bertz CT molecular complexity index is 625. The Morgan fingerprint density at radius 1 is 1.27 bits per heavy atom. The maximum absolute atomic E-state index is 12.5. The molecule has 2 amide bonds. The van der Waals surface area contributed by atoms with E-state index in [2.05, 4.69) is 15.2 Å². The summed E-state index contributed by atoms with van der Waals surface area (Å²) in [6, 6.07) is 3.79. The van der Waals surface area contributed by atoms with Gasteiger partial charge in [-0.2, -0.15) is 0 Å². The van der Waals surface area contributed by atoms with Crippen LogP contribution < -0.4 is 10.2 Å². The van der Waals surface area contributed by atoms with E-state index in [1.807, 2.05) is 12.1 Å². The van der Waals surface area contributed by atoms with Crippen molar-refractivity contribution in [2.24, 2.45) is 0 Å². The van der Waals surface area contributed by atoms with Crippen molar-refractivity contribution in [2.75, 3.05) is 50.9 Å². The molecule has 0 atom stereocenters. The van der Waals surface area contributed by atoms with Crippen molar-refractivity contribution in [1.29, 1.82) is 0 Å². The maximum Gasteiger partial charge on any atom is 0.409 e. The van der Waals surface area contributed by atoms with Gasteiger partial charge >= 0.3 is 6.09 Å². The van der Waals surface area contributed by atoms with E-state index in [4.69, 9.17) is 9.47 Å². The van der Waals surface area contributed by atoms with E-state index in [1.54, 1.807) is 18.0 Å². The van der Waals surface area contributed by atoms with E-state index in [9.17, 15) is 9.59 Å². The second kappa shape index (κ2) is 8.84. The third kappa shape index (κ3) is 4.63. The number of aromatic nitrogens is 1. The summed E-state index contributed by atoms with van der Waals surface area (Å²) in [6.07, 6.45) is 2.82. The molecule has 1 aromatic heterocycles. The number of anilines is 1. The predicted molar refractivity (Wildman–Crippen MR) is 96.4 cm³/mol. The summed E-state index contributed by atoms with van der Waals surface area (Å²) in [4.78, 5) is 32.4. The molecule has 1 N–H and O–H groups in total. The van der Waals surface area contributed by atoms with Crippen LogP contribution in [0.3, 0.4) is 0 Å². The highest BCUT2D eigenvalue weighted by atomic mass is 16.6. The molecule has 2 fully saturated rings. The largest absolute Gasteiger partial charge is 0.450 e. The first kappa shape index (κ1) is 18.4. The predicted octanol–water partition coefficient (Wildman–Crippen LogP) is 1.27. The molecule has 2 aliphatic heterocycles. The van der Waals surface area contributed by atoms with E-state index in [1.165, 1.54) is 0 Å². The molecule has 0 unspecified atom stereocenters. The van der Waals surface area contributed by atoms with Gasteiger partial charge in [-0.3, -0.25) is 9.78 Å². The first-order valence-electron chi connectivity index (χ1n) is 9.18. The van der Waals surface area contributed by atoms with Crippen molar-refractivity contribution < 1.29 is 19.1 Å². The number of nitrogens with one attached hydrogen (secondary N) is 1. The third-order valence-electron chi connectivity index (χ3n) is 4.71. The second-order valence-corrected chi connectivity index (χ2v) is 6.43. The minimum atomic E-state index is -0.280. The van der Waals surface area contributed by atoms with E-state index < -0.39 is 0 Å². The highest BCUT2D eigenvalue weighted by molar-refractivity contribution is 5.93. The molecule has 2 saturated heterocycles. The summed E-state index contributed by atoms with van der Waals surface area (Å²) in [6.45, 7) is 6.38. The first-order valence-corrected chi connectivity index (χ1v) is 9.18. The molecule has 8 nitrogen and oxygen atoms in total. The van der Waals surface area contributed by atoms with Gasteiger partial charge in [0.05, 0.1) is 19.8 Å². The summed E-state index contributed by atoms with van der Waals surface area (Å²) in [5.74, 6) is -0.172. The molecule has 26 heavy (non-hydrogen) atoms. The number of amides is 2. The van der Waals surface area contributed by atoms with Crippen LogP contribution >= 0.6 is 0 Å². The zero-order valence-electron chi connectivity index (χ0n) is 15.1. The van der Waals surface area contributed by atoms with Crippen LogP contribution in [-0.2, 0) is 9.47 Å². The Labute approximate surface area is 153 Å². The van der Waals surface area contributed by atoms with Crippen molar-refractivity contribution in [3.8, 4) is 0 Å². The topological polar surface area (TPSA) is 84.0 Å². The molecular formula is C18H26N4O4. The molecule has 8 heteroatoms. The lowest BCUT2D eigenvalue weighted by Gasteiger charge is -2.31. The number of hydrogen-bond donors (Lipinski definition) is 1. The Kier molecular flexibility index (Phi) is 6.27. The van der Waals surface area contributed by atoms with Crippen LogP contribution in [0.1, 0.15) is 30.3 Å². The molecule has 1 aromatic rings. The van der Waals surface area contributed by atoms with Gasteiger partial charge in [-0.1, -0.05) is 0 Å². The number of carbonyl (C=O) groups excluding carboxylic acids is 2. The van der Waals surface area contributed by atoms with Crippen LogP contribution in [0, 0.1) is 0 Å². The number of hydrogen-bond acceptors (Lipinski definition) is 6. The number of carbonyl (C=O) groups is 2. The maximum atomic E-state index is 12.5. The van der Waals surface area contributed by atoms with Crippen molar-refractivity contribution >= 4 is 17.7 Å². The molecule has 0 aliphatic carbocycles. The minimum absolute atomic E-state index is 0.0435. The molecule has 0 bridgehead atoms. The summed E-state index contributed by atoms with van der Waals surface area (Å²) in [5, 5.41) is 3.03. The fourth-order valence-corrected chi connectivity index (χ4v) is 3.24. The SMILES string of the molecule is CCOC(=O)N1CCC(NC(=O)c2cc(N3CCOCC3)ccn2)CC1. The van der Waals surface area contributed by atoms with E-state index in [0.717, 1.165) is 18.8 Å². The van der Waals surface area contributed by atoms with Crippen LogP contribution in [0.2, 0.25) is 0 Å². The summed E-state index contributed by atoms with van der Waals surface area (Å²) >= 11 is 0. The van der Waals surface area contributed by atoms with Crippen molar-refractivity contribution in [1.82, 2.24) is 15.2 Å². The Morgan fingerprint density at radius 3 is 2.69 bits per heavy atom. The number of piperidine rings is 1. The van der Waals surface area contributed by atoms with Crippen molar-refractivity contribution in [3.05, 3.63) is 24.0 Å². The average molecular weight is 362 g/mol. The number of likely N-dealkylation sites (tertiary alicyclic amines) is 1. The van der Waals surface area contributed by atoms with Crippen LogP contribution in [0.5, 0.6) is 0 Å². The lowest BCUT2D eigenvalue weighted by molar-refractivity contribution is 0.0856.